The Balaban J connectivity index is 1.68. The molecule has 4 aromatic rings. The Hall–Kier alpha value is -2.36. The lowest BCUT2D eigenvalue weighted by Gasteiger charge is -2.14. The molecule has 8 heteroatoms. The average Bonchev–Trinajstić information content (AvgIpc) is 2.76. The van der Waals surface area contributed by atoms with Crippen LogP contribution in [0.3, 0.4) is 0 Å². The first-order valence-corrected chi connectivity index (χ1v) is 12.2. The number of aromatic nitrogens is 2. The highest BCUT2D eigenvalue weighted by atomic mass is 127. The smallest absolute Gasteiger partial charge is 0.266 e. The highest BCUT2D eigenvalue weighted by Crippen LogP contribution is 2.25. The SMILES string of the molecule is Cc1ccc(-n2c(SCC(=O)Nc3ccc(I)cc3C)nc3ccccc3c2=O)cc1Cl. The number of anilines is 1. The number of thioether (sulfide) groups is 1. The lowest BCUT2D eigenvalue weighted by molar-refractivity contribution is -0.113. The van der Waals surface area contributed by atoms with Crippen LogP contribution in [0, 0.1) is 17.4 Å². The van der Waals surface area contributed by atoms with Crippen LogP contribution in [0.2, 0.25) is 5.02 Å². The summed E-state index contributed by atoms with van der Waals surface area (Å²) >= 11 is 9.77. The zero-order valence-electron chi connectivity index (χ0n) is 17.4. The largest absolute Gasteiger partial charge is 0.325 e. The van der Waals surface area contributed by atoms with Gasteiger partial charge in [-0.3, -0.25) is 14.2 Å². The highest BCUT2D eigenvalue weighted by molar-refractivity contribution is 14.1. The van der Waals surface area contributed by atoms with Crippen LogP contribution in [-0.2, 0) is 4.79 Å². The number of halogens is 2. The molecule has 0 unspecified atom stereocenters. The molecule has 0 saturated heterocycles. The second-order valence-corrected chi connectivity index (χ2v) is 9.88. The van der Waals surface area contributed by atoms with Crippen LogP contribution >= 0.6 is 46.0 Å². The molecule has 1 amide bonds. The molecule has 0 aliphatic heterocycles. The van der Waals surface area contributed by atoms with Crippen molar-refractivity contribution in [3.05, 3.63) is 90.7 Å². The quantitative estimate of drug-likeness (QED) is 0.180. The predicted octanol–water partition coefficient (Wildman–Crippen LogP) is 5.99. The van der Waals surface area contributed by atoms with E-state index in [4.69, 9.17) is 11.6 Å². The van der Waals surface area contributed by atoms with Crippen LogP contribution in [-0.4, -0.2) is 21.2 Å². The fourth-order valence-corrected chi connectivity index (χ4v) is 4.88. The third-order valence-corrected chi connectivity index (χ3v) is 6.97. The molecule has 5 nitrogen and oxygen atoms in total. The van der Waals surface area contributed by atoms with Crippen molar-refractivity contribution < 1.29 is 4.79 Å². The Bertz CT molecular complexity index is 1400. The van der Waals surface area contributed by atoms with Crippen molar-refractivity contribution >= 4 is 68.5 Å². The fraction of sp³-hybridized carbons (Fsp3) is 0.125. The summed E-state index contributed by atoms with van der Waals surface area (Å²) in [6.45, 7) is 3.86. The number of benzene rings is 3. The first-order chi connectivity index (χ1) is 15.3. The Labute approximate surface area is 208 Å². The lowest BCUT2D eigenvalue weighted by atomic mass is 10.2. The third kappa shape index (κ3) is 4.84. The van der Waals surface area contributed by atoms with Gasteiger partial charge in [0.15, 0.2) is 5.16 Å². The maximum Gasteiger partial charge on any atom is 0.266 e. The monoisotopic (exact) mass is 575 g/mol. The number of nitrogens with one attached hydrogen (secondary N) is 1. The number of carbonyl (C=O) groups excluding carboxylic acids is 1. The van der Waals surface area contributed by atoms with Gasteiger partial charge in [-0.15, -0.1) is 0 Å². The molecule has 0 bridgehead atoms. The number of para-hydroxylation sites is 1. The zero-order valence-corrected chi connectivity index (χ0v) is 21.1. The summed E-state index contributed by atoms with van der Waals surface area (Å²) < 4.78 is 2.62. The molecule has 0 radical (unpaired) electrons. The average molecular weight is 576 g/mol. The number of rotatable bonds is 5. The summed E-state index contributed by atoms with van der Waals surface area (Å²) in [6.07, 6.45) is 0. The van der Waals surface area contributed by atoms with Crippen LogP contribution in [0.15, 0.2) is 70.6 Å². The van der Waals surface area contributed by atoms with Gasteiger partial charge in [-0.25, -0.2) is 4.98 Å². The van der Waals surface area contributed by atoms with Crippen molar-refractivity contribution in [3.8, 4) is 5.69 Å². The van der Waals surface area contributed by atoms with E-state index in [0.29, 0.717) is 26.8 Å². The number of nitrogens with zero attached hydrogens (tertiary/aromatic N) is 2. The number of carbonyl (C=O) groups is 1. The minimum absolute atomic E-state index is 0.107. The molecule has 1 heterocycles. The Morgan fingerprint density at radius 2 is 1.88 bits per heavy atom. The minimum Gasteiger partial charge on any atom is -0.325 e. The Morgan fingerprint density at radius 1 is 1.09 bits per heavy atom. The number of hydrogen-bond acceptors (Lipinski definition) is 4. The summed E-state index contributed by atoms with van der Waals surface area (Å²) in [5.41, 5.74) is 3.67. The Kier molecular flexibility index (Phi) is 6.88. The van der Waals surface area contributed by atoms with Crippen molar-refractivity contribution in [1.82, 2.24) is 9.55 Å². The van der Waals surface area contributed by atoms with Crippen LogP contribution < -0.4 is 10.9 Å². The van der Waals surface area contributed by atoms with Gasteiger partial charge < -0.3 is 5.32 Å². The standard InChI is InChI=1S/C24H19ClIN3O2S/c1-14-7-9-17(12-19(14)25)29-23(31)18-5-3-4-6-21(18)28-24(29)32-13-22(30)27-20-10-8-16(26)11-15(20)2/h3-12H,13H2,1-2H3,(H,27,30). The normalized spacial score (nSPS) is 11.0. The molecule has 0 fully saturated rings. The van der Waals surface area contributed by atoms with Gasteiger partial charge in [0, 0.05) is 14.3 Å². The summed E-state index contributed by atoms with van der Waals surface area (Å²) in [5, 5.41) is 4.44. The van der Waals surface area contributed by atoms with E-state index in [9.17, 15) is 9.59 Å². The van der Waals surface area contributed by atoms with E-state index in [2.05, 4.69) is 32.9 Å². The molecule has 0 aliphatic carbocycles. The molecule has 162 valence electrons. The van der Waals surface area contributed by atoms with Gasteiger partial charge >= 0.3 is 0 Å². The second kappa shape index (κ2) is 9.64. The molecule has 0 saturated carbocycles. The van der Waals surface area contributed by atoms with Gasteiger partial charge in [-0.1, -0.05) is 41.6 Å². The number of fused-ring (bicyclic) bond motifs is 1. The molecule has 0 spiro atoms. The van der Waals surface area contributed by atoms with Crippen LogP contribution in [0.25, 0.3) is 16.6 Å². The predicted molar refractivity (Wildman–Crippen MR) is 140 cm³/mol. The van der Waals surface area contributed by atoms with Crippen LogP contribution in [0.4, 0.5) is 5.69 Å². The molecular weight excluding hydrogens is 557 g/mol. The van der Waals surface area contributed by atoms with Crippen LogP contribution in [0.5, 0.6) is 0 Å². The minimum atomic E-state index is -0.202. The van der Waals surface area contributed by atoms with Gasteiger partial charge in [0.1, 0.15) is 0 Å². The molecule has 32 heavy (non-hydrogen) atoms. The number of hydrogen-bond donors (Lipinski definition) is 1. The summed E-state index contributed by atoms with van der Waals surface area (Å²) in [4.78, 5) is 30.6. The summed E-state index contributed by atoms with van der Waals surface area (Å²) in [6, 6.07) is 18.5. The first-order valence-electron chi connectivity index (χ1n) is 9.80. The number of amides is 1. The highest BCUT2D eigenvalue weighted by Gasteiger charge is 2.16. The van der Waals surface area contributed by atoms with Crippen molar-refractivity contribution in [2.24, 2.45) is 0 Å². The topological polar surface area (TPSA) is 64.0 Å². The van der Waals surface area contributed by atoms with Gasteiger partial charge in [0.2, 0.25) is 5.91 Å². The van der Waals surface area contributed by atoms with Crippen molar-refractivity contribution in [2.75, 3.05) is 11.1 Å². The first kappa shape index (κ1) is 22.8. The number of aryl methyl sites for hydroxylation is 2. The van der Waals surface area contributed by atoms with Crippen molar-refractivity contribution in [2.45, 2.75) is 19.0 Å². The molecular formula is C24H19ClIN3O2S. The maximum absolute atomic E-state index is 13.3. The molecule has 0 atom stereocenters. The van der Waals surface area contributed by atoms with Gasteiger partial charge in [0.05, 0.1) is 22.3 Å². The van der Waals surface area contributed by atoms with E-state index in [0.717, 1.165) is 20.4 Å². The van der Waals surface area contributed by atoms with E-state index in [1.165, 1.54) is 16.3 Å². The zero-order chi connectivity index (χ0) is 22.8. The summed E-state index contributed by atoms with van der Waals surface area (Å²) in [5.74, 6) is -0.0642. The maximum atomic E-state index is 13.3. The van der Waals surface area contributed by atoms with Crippen molar-refractivity contribution in [3.63, 3.8) is 0 Å². The molecule has 3 aromatic carbocycles. The molecule has 0 aliphatic rings. The van der Waals surface area contributed by atoms with E-state index >= 15 is 0 Å². The van der Waals surface area contributed by atoms with E-state index in [-0.39, 0.29) is 17.2 Å². The second-order valence-electron chi connectivity index (χ2n) is 7.28. The van der Waals surface area contributed by atoms with Gasteiger partial charge in [-0.05, 0) is 90.0 Å². The lowest BCUT2D eigenvalue weighted by Crippen LogP contribution is -2.23. The molecule has 1 aromatic heterocycles. The Morgan fingerprint density at radius 3 is 2.62 bits per heavy atom. The third-order valence-electron chi connectivity index (χ3n) is 4.95. The van der Waals surface area contributed by atoms with E-state index < -0.39 is 0 Å². The van der Waals surface area contributed by atoms with E-state index in [1.54, 1.807) is 18.2 Å². The molecule has 1 N–H and O–H groups in total. The van der Waals surface area contributed by atoms with Gasteiger partial charge in [-0.2, -0.15) is 0 Å². The summed E-state index contributed by atoms with van der Waals surface area (Å²) in [7, 11) is 0. The van der Waals surface area contributed by atoms with Crippen LogP contribution in [0.1, 0.15) is 11.1 Å². The van der Waals surface area contributed by atoms with E-state index in [1.807, 2.05) is 56.3 Å². The van der Waals surface area contributed by atoms with Gasteiger partial charge in [0.25, 0.3) is 5.56 Å². The molecule has 4 rings (SSSR count). The van der Waals surface area contributed by atoms with Crippen molar-refractivity contribution in [1.29, 1.82) is 0 Å². The fourth-order valence-electron chi connectivity index (χ4n) is 3.24.